The molecule has 0 radical (unpaired) electrons. The van der Waals surface area contributed by atoms with Crippen molar-refractivity contribution < 1.29 is 0 Å². The summed E-state index contributed by atoms with van der Waals surface area (Å²) < 4.78 is 0. The van der Waals surface area contributed by atoms with Crippen molar-refractivity contribution in [3.05, 3.63) is 18.5 Å². The molecular formula is C13H19N5. The topological polar surface area (TPSA) is 56.8 Å². The molecule has 0 atom stereocenters. The Morgan fingerprint density at radius 2 is 2.28 bits per heavy atom. The number of rotatable bonds is 3. The standard InChI is InChI=1S/C13H19N5/c1-18-6-3-10(4-7-18)8-15-13-16-9-11-2-5-14-12(11)17-13/h2,5,9-10H,3-4,6-8H2,1H3,(H2,14,15,16,17). The number of hydrogen-bond donors (Lipinski definition) is 2. The van der Waals surface area contributed by atoms with Gasteiger partial charge in [-0.3, -0.25) is 0 Å². The monoisotopic (exact) mass is 245 g/mol. The number of nitrogens with zero attached hydrogens (tertiary/aromatic N) is 3. The van der Waals surface area contributed by atoms with Crippen LogP contribution in [0.25, 0.3) is 11.0 Å². The second-order valence-corrected chi connectivity index (χ2v) is 5.10. The molecule has 0 saturated carbocycles. The molecule has 5 nitrogen and oxygen atoms in total. The molecule has 0 spiro atoms. The summed E-state index contributed by atoms with van der Waals surface area (Å²) in [5.41, 5.74) is 0.899. The summed E-state index contributed by atoms with van der Waals surface area (Å²) in [5, 5.41) is 4.41. The third-order valence-corrected chi connectivity index (χ3v) is 3.69. The van der Waals surface area contributed by atoms with Crippen LogP contribution in [0.2, 0.25) is 0 Å². The van der Waals surface area contributed by atoms with Gasteiger partial charge in [-0.25, -0.2) is 4.98 Å². The van der Waals surface area contributed by atoms with Crippen molar-refractivity contribution in [1.82, 2.24) is 19.9 Å². The lowest BCUT2D eigenvalue weighted by atomic mass is 9.97. The molecule has 0 unspecified atom stereocenters. The highest BCUT2D eigenvalue weighted by Crippen LogP contribution is 2.16. The second-order valence-electron chi connectivity index (χ2n) is 5.10. The molecule has 0 amide bonds. The lowest BCUT2D eigenvalue weighted by molar-refractivity contribution is 0.226. The molecule has 3 heterocycles. The van der Waals surface area contributed by atoms with E-state index >= 15 is 0 Å². The molecule has 96 valence electrons. The number of aromatic amines is 1. The average molecular weight is 245 g/mol. The van der Waals surface area contributed by atoms with Crippen LogP contribution in [0.15, 0.2) is 18.5 Å². The number of fused-ring (bicyclic) bond motifs is 1. The Kier molecular flexibility index (Phi) is 3.15. The van der Waals surface area contributed by atoms with Crippen molar-refractivity contribution >= 4 is 17.0 Å². The van der Waals surface area contributed by atoms with E-state index in [-0.39, 0.29) is 0 Å². The van der Waals surface area contributed by atoms with Gasteiger partial charge in [0.05, 0.1) is 0 Å². The van der Waals surface area contributed by atoms with Crippen LogP contribution in [0.3, 0.4) is 0 Å². The molecule has 2 N–H and O–H groups in total. The Balaban J connectivity index is 1.59. The molecule has 0 aliphatic carbocycles. The summed E-state index contributed by atoms with van der Waals surface area (Å²) in [6, 6.07) is 1.98. The third-order valence-electron chi connectivity index (χ3n) is 3.69. The molecule has 0 bridgehead atoms. The highest BCUT2D eigenvalue weighted by Gasteiger charge is 2.16. The van der Waals surface area contributed by atoms with Crippen molar-refractivity contribution in [1.29, 1.82) is 0 Å². The molecule has 18 heavy (non-hydrogen) atoms. The number of aromatic nitrogens is 3. The van der Waals surface area contributed by atoms with Gasteiger partial charge in [-0.15, -0.1) is 0 Å². The maximum Gasteiger partial charge on any atom is 0.224 e. The van der Waals surface area contributed by atoms with Gasteiger partial charge in [-0.1, -0.05) is 0 Å². The number of likely N-dealkylation sites (tertiary alicyclic amines) is 1. The number of anilines is 1. The van der Waals surface area contributed by atoms with E-state index in [9.17, 15) is 0 Å². The largest absolute Gasteiger partial charge is 0.354 e. The van der Waals surface area contributed by atoms with Crippen molar-refractivity contribution in [3.8, 4) is 0 Å². The zero-order valence-electron chi connectivity index (χ0n) is 10.7. The fourth-order valence-corrected chi connectivity index (χ4v) is 2.43. The van der Waals surface area contributed by atoms with E-state index in [4.69, 9.17) is 0 Å². The highest BCUT2D eigenvalue weighted by atomic mass is 15.1. The smallest absolute Gasteiger partial charge is 0.224 e. The van der Waals surface area contributed by atoms with Gasteiger partial charge in [0.25, 0.3) is 0 Å². The maximum absolute atomic E-state index is 4.45. The summed E-state index contributed by atoms with van der Waals surface area (Å²) in [6.45, 7) is 3.37. The number of nitrogens with one attached hydrogen (secondary N) is 2. The van der Waals surface area contributed by atoms with Crippen LogP contribution in [-0.4, -0.2) is 46.5 Å². The van der Waals surface area contributed by atoms with Crippen LogP contribution in [0.1, 0.15) is 12.8 Å². The Morgan fingerprint density at radius 1 is 1.44 bits per heavy atom. The van der Waals surface area contributed by atoms with E-state index < -0.39 is 0 Å². The molecule has 0 aromatic carbocycles. The van der Waals surface area contributed by atoms with Crippen LogP contribution >= 0.6 is 0 Å². The summed E-state index contributed by atoms with van der Waals surface area (Å²) in [5.74, 6) is 1.47. The van der Waals surface area contributed by atoms with Crippen LogP contribution in [0.5, 0.6) is 0 Å². The van der Waals surface area contributed by atoms with Gasteiger partial charge in [0.2, 0.25) is 5.95 Å². The first-order valence-electron chi connectivity index (χ1n) is 6.54. The predicted molar refractivity (Wildman–Crippen MR) is 72.6 cm³/mol. The third kappa shape index (κ3) is 2.46. The lowest BCUT2D eigenvalue weighted by Gasteiger charge is -2.28. The maximum atomic E-state index is 4.45. The minimum Gasteiger partial charge on any atom is -0.354 e. The van der Waals surface area contributed by atoms with Gasteiger partial charge >= 0.3 is 0 Å². The molecule has 3 rings (SSSR count). The average Bonchev–Trinajstić information content (AvgIpc) is 2.85. The van der Waals surface area contributed by atoms with E-state index in [0.717, 1.165) is 29.4 Å². The molecule has 1 aliphatic rings. The predicted octanol–water partition coefficient (Wildman–Crippen LogP) is 1.71. The second kappa shape index (κ2) is 4.94. The summed E-state index contributed by atoms with van der Waals surface area (Å²) in [6.07, 6.45) is 6.26. The van der Waals surface area contributed by atoms with Gasteiger partial charge in [-0.2, -0.15) is 4.98 Å². The fraction of sp³-hybridized carbons (Fsp3) is 0.538. The Morgan fingerprint density at radius 3 is 3.11 bits per heavy atom. The quantitative estimate of drug-likeness (QED) is 0.864. The molecule has 1 aliphatic heterocycles. The minimum absolute atomic E-state index is 0.726. The van der Waals surface area contributed by atoms with Gasteiger partial charge < -0.3 is 15.2 Å². The van der Waals surface area contributed by atoms with E-state index in [0.29, 0.717) is 0 Å². The number of H-pyrrole nitrogens is 1. The number of piperidine rings is 1. The molecule has 2 aromatic heterocycles. The Bertz CT molecular complexity index is 513. The minimum atomic E-state index is 0.726. The molecule has 1 fully saturated rings. The zero-order valence-corrected chi connectivity index (χ0v) is 10.7. The molecular weight excluding hydrogens is 226 g/mol. The first kappa shape index (κ1) is 11.5. The van der Waals surface area contributed by atoms with Crippen molar-refractivity contribution in [3.63, 3.8) is 0 Å². The highest BCUT2D eigenvalue weighted by molar-refractivity contribution is 5.75. The fourth-order valence-electron chi connectivity index (χ4n) is 2.43. The first-order valence-corrected chi connectivity index (χ1v) is 6.54. The molecule has 1 saturated heterocycles. The molecule has 2 aromatic rings. The van der Waals surface area contributed by atoms with Crippen LogP contribution < -0.4 is 5.32 Å². The first-order chi connectivity index (χ1) is 8.81. The van der Waals surface area contributed by atoms with Crippen molar-refractivity contribution in [2.24, 2.45) is 5.92 Å². The zero-order chi connectivity index (χ0) is 12.4. The van der Waals surface area contributed by atoms with E-state index in [1.165, 1.54) is 25.9 Å². The number of hydrogen-bond acceptors (Lipinski definition) is 4. The van der Waals surface area contributed by atoms with Crippen LogP contribution in [-0.2, 0) is 0 Å². The van der Waals surface area contributed by atoms with Crippen LogP contribution in [0, 0.1) is 5.92 Å². The molecule has 5 heteroatoms. The van der Waals surface area contributed by atoms with E-state index in [1.54, 1.807) is 0 Å². The normalized spacial score (nSPS) is 18.3. The van der Waals surface area contributed by atoms with Gasteiger partial charge in [-0.05, 0) is 45.0 Å². The summed E-state index contributed by atoms with van der Waals surface area (Å²) >= 11 is 0. The Labute approximate surface area is 107 Å². The SMILES string of the molecule is CN1CCC(CNc2ncc3cc[nH]c3n2)CC1. The van der Waals surface area contributed by atoms with Gasteiger partial charge in [0.15, 0.2) is 0 Å². The van der Waals surface area contributed by atoms with E-state index in [1.807, 2.05) is 18.5 Å². The van der Waals surface area contributed by atoms with Gasteiger partial charge in [0.1, 0.15) is 5.65 Å². The van der Waals surface area contributed by atoms with Gasteiger partial charge in [0, 0.05) is 24.3 Å². The van der Waals surface area contributed by atoms with Crippen molar-refractivity contribution in [2.45, 2.75) is 12.8 Å². The lowest BCUT2D eigenvalue weighted by Crippen LogP contribution is -2.33. The summed E-state index contributed by atoms with van der Waals surface area (Å²) in [4.78, 5) is 14.3. The summed E-state index contributed by atoms with van der Waals surface area (Å²) in [7, 11) is 2.19. The Hall–Kier alpha value is -1.62. The van der Waals surface area contributed by atoms with Crippen molar-refractivity contribution in [2.75, 3.05) is 32.0 Å². The van der Waals surface area contributed by atoms with E-state index in [2.05, 4.69) is 32.2 Å². The van der Waals surface area contributed by atoms with Crippen LogP contribution in [0.4, 0.5) is 5.95 Å².